The van der Waals surface area contributed by atoms with Gasteiger partial charge in [0.05, 0.1) is 13.2 Å². The predicted octanol–water partition coefficient (Wildman–Crippen LogP) is 1.01. The van der Waals surface area contributed by atoms with Crippen molar-refractivity contribution in [1.29, 1.82) is 0 Å². The summed E-state index contributed by atoms with van der Waals surface area (Å²) in [4.78, 5) is 17.3. The second-order valence-electron chi connectivity index (χ2n) is 6.29. The average Bonchev–Trinajstić information content (AvgIpc) is 3.23. The van der Waals surface area contributed by atoms with Crippen LogP contribution in [0.5, 0.6) is 0 Å². The van der Waals surface area contributed by atoms with Crippen molar-refractivity contribution in [2.75, 3.05) is 39.4 Å². The van der Waals surface area contributed by atoms with E-state index in [1.54, 1.807) is 10.9 Å². The lowest BCUT2D eigenvalue weighted by atomic mass is 9.99. The Morgan fingerprint density at radius 1 is 1.36 bits per heavy atom. The van der Waals surface area contributed by atoms with Gasteiger partial charge in [-0.3, -0.25) is 14.4 Å². The maximum atomic E-state index is 12.8. The number of morpholine rings is 1. The summed E-state index contributed by atoms with van der Waals surface area (Å²) in [5, 5.41) is 4.20. The number of carbonyl (C=O) groups is 1. The second-order valence-corrected chi connectivity index (χ2v) is 6.29. The van der Waals surface area contributed by atoms with Crippen LogP contribution in [0.3, 0.4) is 0 Å². The molecule has 1 aromatic rings. The first-order chi connectivity index (χ1) is 10.7. The number of hydrogen-bond acceptors (Lipinski definition) is 4. The molecule has 0 radical (unpaired) electrons. The Morgan fingerprint density at radius 3 is 2.77 bits per heavy atom. The molecule has 2 saturated heterocycles. The number of rotatable bonds is 4. The van der Waals surface area contributed by atoms with E-state index < -0.39 is 0 Å². The van der Waals surface area contributed by atoms with Gasteiger partial charge in [0, 0.05) is 44.6 Å². The van der Waals surface area contributed by atoms with Gasteiger partial charge in [-0.2, -0.15) is 5.10 Å². The summed E-state index contributed by atoms with van der Waals surface area (Å²) < 4.78 is 7.20. The van der Waals surface area contributed by atoms with E-state index in [0.29, 0.717) is 12.0 Å². The smallest absolute Gasteiger partial charge is 0.247 e. The molecule has 0 spiro atoms. The molecule has 0 bridgehead atoms. The molecule has 122 valence electrons. The van der Waals surface area contributed by atoms with Crippen LogP contribution in [0.25, 0.3) is 0 Å². The SMILES string of the molecule is CC[C@@H]1CN(C(=O)[C@@H](C)n2cccn2)C[C@H]1N1CCOCC1. The summed E-state index contributed by atoms with van der Waals surface area (Å²) in [6.45, 7) is 9.44. The highest BCUT2D eigenvalue weighted by molar-refractivity contribution is 5.80. The Morgan fingerprint density at radius 2 is 2.14 bits per heavy atom. The van der Waals surface area contributed by atoms with Gasteiger partial charge in [0.2, 0.25) is 5.91 Å². The van der Waals surface area contributed by atoms with Gasteiger partial charge < -0.3 is 9.64 Å². The van der Waals surface area contributed by atoms with E-state index in [9.17, 15) is 4.79 Å². The van der Waals surface area contributed by atoms with Crippen LogP contribution in [0.2, 0.25) is 0 Å². The molecule has 6 nitrogen and oxygen atoms in total. The highest BCUT2D eigenvalue weighted by Gasteiger charge is 2.39. The molecule has 2 fully saturated rings. The number of nitrogens with zero attached hydrogens (tertiary/aromatic N) is 4. The third kappa shape index (κ3) is 3.03. The Bertz CT molecular complexity index is 484. The van der Waals surface area contributed by atoms with Gasteiger partial charge in [0.15, 0.2) is 0 Å². The standard InChI is InChI=1S/C16H26N4O2/c1-3-14-11-19(12-15(14)18-7-9-22-10-8-18)16(21)13(2)20-6-4-5-17-20/h4-6,13-15H,3,7-12H2,1-2H3/t13-,14-,15-/m1/s1. The lowest BCUT2D eigenvalue weighted by Gasteiger charge is -2.34. The molecule has 1 amide bonds. The fraction of sp³-hybridized carbons (Fsp3) is 0.750. The van der Waals surface area contributed by atoms with Crippen LogP contribution in [0.4, 0.5) is 0 Å². The summed E-state index contributed by atoms with van der Waals surface area (Å²) in [7, 11) is 0. The zero-order valence-corrected chi connectivity index (χ0v) is 13.5. The van der Waals surface area contributed by atoms with Gasteiger partial charge in [0.1, 0.15) is 6.04 Å². The molecular formula is C16H26N4O2. The Hall–Kier alpha value is -1.40. The molecule has 3 atom stereocenters. The molecule has 6 heteroatoms. The van der Waals surface area contributed by atoms with E-state index in [2.05, 4.69) is 16.9 Å². The van der Waals surface area contributed by atoms with Gasteiger partial charge in [-0.25, -0.2) is 0 Å². The normalized spacial score (nSPS) is 28.0. The van der Waals surface area contributed by atoms with Crippen LogP contribution in [0, 0.1) is 5.92 Å². The van der Waals surface area contributed by atoms with Crippen LogP contribution >= 0.6 is 0 Å². The number of ether oxygens (including phenoxy) is 1. The molecular weight excluding hydrogens is 280 g/mol. The average molecular weight is 306 g/mol. The van der Waals surface area contributed by atoms with Crippen LogP contribution in [-0.4, -0.2) is 70.9 Å². The van der Waals surface area contributed by atoms with E-state index in [0.717, 1.165) is 45.8 Å². The number of carbonyl (C=O) groups excluding carboxylic acids is 1. The van der Waals surface area contributed by atoms with Gasteiger partial charge in [-0.15, -0.1) is 0 Å². The first-order valence-electron chi connectivity index (χ1n) is 8.30. The fourth-order valence-corrected chi connectivity index (χ4v) is 3.65. The van der Waals surface area contributed by atoms with Gasteiger partial charge in [-0.1, -0.05) is 13.3 Å². The van der Waals surface area contributed by atoms with Crippen LogP contribution in [0.15, 0.2) is 18.5 Å². The number of hydrogen-bond donors (Lipinski definition) is 0. The minimum Gasteiger partial charge on any atom is -0.379 e. The van der Waals surface area contributed by atoms with Crippen molar-refractivity contribution in [3.63, 3.8) is 0 Å². The molecule has 1 aromatic heterocycles. The van der Waals surface area contributed by atoms with Crippen LogP contribution in [0.1, 0.15) is 26.3 Å². The molecule has 2 aliphatic rings. The minimum atomic E-state index is -0.226. The maximum Gasteiger partial charge on any atom is 0.247 e. The maximum absolute atomic E-state index is 12.8. The van der Waals surface area contributed by atoms with E-state index in [4.69, 9.17) is 4.74 Å². The summed E-state index contributed by atoms with van der Waals surface area (Å²) in [5.74, 6) is 0.741. The van der Waals surface area contributed by atoms with Crippen LogP contribution < -0.4 is 0 Å². The van der Waals surface area contributed by atoms with Crippen molar-refractivity contribution in [2.45, 2.75) is 32.4 Å². The number of amides is 1. The topological polar surface area (TPSA) is 50.6 Å². The molecule has 3 rings (SSSR count). The van der Waals surface area contributed by atoms with Crippen molar-refractivity contribution in [3.8, 4) is 0 Å². The molecule has 3 heterocycles. The first-order valence-corrected chi connectivity index (χ1v) is 8.30. The van der Waals surface area contributed by atoms with E-state index in [-0.39, 0.29) is 11.9 Å². The quantitative estimate of drug-likeness (QED) is 0.833. The summed E-state index contributed by atoms with van der Waals surface area (Å²) >= 11 is 0. The van der Waals surface area contributed by atoms with Crippen molar-refractivity contribution in [2.24, 2.45) is 5.92 Å². The van der Waals surface area contributed by atoms with Gasteiger partial charge in [-0.05, 0) is 18.9 Å². The van der Waals surface area contributed by atoms with Crippen molar-refractivity contribution >= 4 is 5.91 Å². The Labute approximate surface area is 132 Å². The third-order valence-electron chi connectivity index (χ3n) is 5.04. The van der Waals surface area contributed by atoms with E-state index in [1.165, 1.54) is 0 Å². The monoisotopic (exact) mass is 306 g/mol. The van der Waals surface area contributed by atoms with Crippen molar-refractivity contribution in [3.05, 3.63) is 18.5 Å². The summed E-state index contributed by atoms with van der Waals surface area (Å²) in [5.41, 5.74) is 0. The molecule has 0 unspecified atom stereocenters. The zero-order chi connectivity index (χ0) is 15.5. The van der Waals surface area contributed by atoms with E-state index >= 15 is 0 Å². The molecule has 0 N–H and O–H groups in total. The molecule has 0 aliphatic carbocycles. The van der Waals surface area contributed by atoms with Crippen LogP contribution in [-0.2, 0) is 9.53 Å². The molecule has 0 saturated carbocycles. The van der Waals surface area contributed by atoms with Crippen molar-refractivity contribution < 1.29 is 9.53 Å². The second kappa shape index (κ2) is 6.79. The van der Waals surface area contributed by atoms with Gasteiger partial charge >= 0.3 is 0 Å². The number of likely N-dealkylation sites (tertiary alicyclic amines) is 1. The van der Waals surface area contributed by atoms with E-state index in [1.807, 2.05) is 24.1 Å². The first kappa shape index (κ1) is 15.5. The Balaban J connectivity index is 1.66. The highest BCUT2D eigenvalue weighted by atomic mass is 16.5. The Kier molecular flexibility index (Phi) is 4.78. The summed E-state index contributed by atoms with van der Waals surface area (Å²) in [6, 6.07) is 2.11. The highest BCUT2D eigenvalue weighted by Crippen LogP contribution is 2.27. The lowest BCUT2D eigenvalue weighted by Crippen LogP contribution is -2.47. The summed E-state index contributed by atoms with van der Waals surface area (Å²) in [6.07, 6.45) is 4.69. The lowest BCUT2D eigenvalue weighted by molar-refractivity contribution is -0.133. The third-order valence-corrected chi connectivity index (χ3v) is 5.04. The predicted molar refractivity (Wildman–Crippen MR) is 83.5 cm³/mol. The largest absolute Gasteiger partial charge is 0.379 e. The fourth-order valence-electron chi connectivity index (χ4n) is 3.65. The molecule has 2 aliphatic heterocycles. The number of aromatic nitrogens is 2. The minimum absolute atomic E-state index is 0.179. The molecule has 22 heavy (non-hydrogen) atoms. The molecule has 0 aromatic carbocycles. The van der Waals surface area contributed by atoms with Gasteiger partial charge in [0.25, 0.3) is 0 Å². The van der Waals surface area contributed by atoms with Crippen molar-refractivity contribution in [1.82, 2.24) is 19.6 Å². The zero-order valence-electron chi connectivity index (χ0n) is 13.5.